The first-order valence-corrected chi connectivity index (χ1v) is 6.62. The molecule has 1 aliphatic rings. The summed E-state index contributed by atoms with van der Waals surface area (Å²) >= 11 is 0. The quantitative estimate of drug-likeness (QED) is 0.611. The van der Waals surface area contributed by atoms with Crippen LogP contribution in [0, 0.1) is 0 Å². The van der Waals surface area contributed by atoms with Gasteiger partial charge in [-0.2, -0.15) is 0 Å². The summed E-state index contributed by atoms with van der Waals surface area (Å²) in [6.45, 7) is 4.57. The van der Waals surface area contributed by atoms with Crippen molar-refractivity contribution >= 4 is 0 Å². The number of unbranched alkanes of at least 4 members (excludes halogenated alkanes) is 3. The largest absolute Gasteiger partial charge is 0.311 e. The highest BCUT2D eigenvalue weighted by molar-refractivity contribution is 4.82. The molecule has 0 aromatic rings. The van der Waals surface area contributed by atoms with E-state index in [2.05, 4.69) is 19.2 Å². The van der Waals surface area contributed by atoms with E-state index in [4.69, 9.17) is 0 Å². The fraction of sp³-hybridized carbons (Fsp3) is 1.00. The van der Waals surface area contributed by atoms with Gasteiger partial charge in [0.25, 0.3) is 0 Å². The lowest BCUT2D eigenvalue weighted by Crippen LogP contribution is -2.29. The molecule has 1 N–H and O–H groups in total. The Kier molecular flexibility index (Phi) is 6.25. The number of rotatable bonds is 7. The second kappa shape index (κ2) is 7.28. The Labute approximate surface area is 89.7 Å². The summed E-state index contributed by atoms with van der Waals surface area (Å²) < 4.78 is 0. The van der Waals surface area contributed by atoms with Crippen LogP contribution in [0.5, 0.6) is 0 Å². The van der Waals surface area contributed by atoms with Crippen LogP contribution >= 0.6 is 0 Å². The molecule has 0 saturated carbocycles. The molecule has 0 radical (unpaired) electrons. The van der Waals surface area contributed by atoms with E-state index in [0.717, 1.165) is 12.1 Å². The summed E-state index contributed by atoms with van der Waals surface area (Å²) in [7, 11) is 0. The van der Waals surface area contributed by atoms with Crippen molar-refractivity contribution in [3.05, 3.63) is 0 Å². The van der Waals surface area contributed by atoms with Gasteiger partial charge >= 0.3 is 0 Å². The van der Waals surface area contributed by atoms with Gasteiger partial charge in [-0.3, -0.25) is 0 Å². The summed E-state index contributed by atoms with van der Waals surface area (Å²) in [5, 5.41) is 3.78. The molecule has 0 amide bonds. The maximum Gasteiger partial charge on any atom is 0.00702 e. The Morgan fingerprint density at radius 3 is 2.00 bits per heavy atom. The third kappa shape index (κ3) is 4.45. The van der Waals surface area contributed by atoms with Gasteiger partial charge in [-0.15, -0.1) is 0 Å². The first kappa shape index (κ1) is 12.0. The molecule has 2 atom stereocenters. The highest BCUT2D eigenvalue weighted by Crippen LogP contribution is 2.20. The number of hydrogen-bond acceptors (Lipinski definition) is 1. The summed E-state index contributed by atoms with van der Waals surface area (Å²) in [6.07, 6.45) is 12.6. The van der Waals surface area contributed by atoms with Gasteiger partial charge in [0.15, 0.2) is 0 Å². The second-order valence-electron chi connectivity index (χ2n) is 4.78. The lowest BCUT2D eigenvalue weighted by molar-refractivity contribution is 0.465. The summed E-state index contributed by atoms with van der Waals surface area (Å²) in [4.78, 5) is 0. The van der Waals surface area contributed by atoms with Crippen molar-refractivity contribution in [3.8, 4) is 0 Å². The third-order valence-corrected chi connectivity index (χ3v) is 3.40. The van der Waals surface area contributed by atoms with Crippen molar-refractivity contribution in [2.45, 2.75) is 83.7 Å². The Morgan fingerprint density at radius 2 is 1.43 bits per heavy atom. The molecule has 0 aromatic carbocycles. The standard InChI is InChI=1S/C13H27N/c1-3-5-7-9-13-11-10-12(14-13)8-6-4-2/h12-14H,3-11H2,1-2H3/t12-,13-/m0/s1. The predicted octanol–water partition coefficient (Wildman–Crippen LogP) is 3.88. The summed E-state index contributed by atoms with van der Waals surface area (Å²) in [5.74, 6) is 0. The zero-order valence-electron chi connectivity index (χ0n) is 10.0. The van der Waals surface area contributed by atoms with E-state index in [0.29, 0.717) is 0 Å². The molecule has 0 spiro atoms. The highest BCUT2D eigenvalue weighted by Gasteiger charge is 2.21. The molecule has 1 aliphatic heterocycles. The molecule has 84 valence electrons. The predicted molar refractivity (Wildman–Crippen MR) is 63.6 cm³/mol. The summed E-state index contributed by atoms with van der Waals surface area (Å²) in [6, 6.07) is 1.70. The van der Waals surface area contributed by atoms with Gasteiger partial charge in [0.2, 0.25) is 0 Å². The van der Waals surface area contributed by atoms with Gasteiger partial charge in [-0.25, -0.2) is 0 Å². The SMILES string of the molecule is CCCCC[C@H]1CC[C@H](CCCC)N1. The Bertz CT molecular complexity index is 133. The fourth-order valence-corrected chi connectivity index (χ4v) is 2.45. The molecule has 1 fully saturated rings. The van der Waals surface area contributed by atoms with Crippen LogP contribution in [0.4, 0.5) is 0 Å². The van der Waals surface area contributed by atoms with E-state index in [-0.39, 0.29) is 0 Å². The summed E-state index contributed by atoms with van der Waals surface area (Å²) in [5.41, 5.74) is 0. The normalized spacial score (nSPS) is 27.0. The molecular weight excluding hydrogens is 170 g/mol. The Morgan fingerprint density at radius 1 is 0.857 bits per heavy atom. The van der Waals surface area contributed by atoms with Gasteiger partial charge in [-0.05, 0) is 25.7 Å². The van der Waals surface area contributed by atoms with Crippen LogP contribution in [0.3, 0.4) is 0 Å². The van der Waals surface area contributed by atoms with Crippen LogP contribution in [0.2, 0.25) is 0 Å². The maximum absolute atomic E-state index is 3.78. The topological polar surface area (TPSA) is 12.0 Å². The van der Waals surface area contributed by atoms with E-state index in [1.54, 1.807) is 0 Å². The molecule has 0 aromatic heterocycles. The van der Waals surface area contributed by atoms with E-state index in [9.17, 15) is 0 Å². The second-order valence-corrected chi connectivity index (χ2v) is 4.78. The minimum atomic E-state index is 0.849. The first-order valence-electron chi connectivity index (χ1n) is 6.62. The molecule has 0 bridgehead atoms. The monoisotopic (exact) mass is 197 g/mol. The molecule has 1 nitrogen and oxygen atoms in total. The molecule has 1 heterocycles. The van der Waals surface area contributed by atoms with Crippen molar-refractivity contribution in [1.29, 1.82) is 0 Å². The van der Waals surface area contributed by atoms with Crippen LogP contribution in [-0.4, -0.2) is 12.1 Å². The van der Waals surface area contributed by atoms with Crippen molar-refractivity contribution in [2.75, 3.05) is 0 Å². The average molecular weight is 197 g/mol. The number of hydrogen-bond donors (Lipinski definition) is 1. The van der Waals surface area contributed by atoms with E-state index in [1.807, 2.05) is 0 Å². The molecule has 14 heavy (non-hydrogen) atoms. The lowest BCUT2D eigenvalue weighted by Gasteiger charge is -2.13. The van der Waals surface area contributed by atoms with Crippen LogP contribution < -0.4 is 5.32 Å². The van der Waals surface area contributed by atoms with E-state index < -0.39 is 0 Å². The molecule has 0 aliphatic carbocycles. The van der Waals surface area contributed by atoms with Gasteiger partial charge < -0.3 is 5.32 Å². The average Bonchev–Trinajstić information content (AvgIpc) is 2.63. The number of nitrogens with one attached hydrogen (secondary N) is 1. The molecule has 1 heteroatoms. The molecule has 1 saturated heterocycles. The van der Waals surface area contributed by atoms with E-state index >= 15 is 0 Å². The molecular formula is C13H27N. The minimum absolute atomic E-state index is 0.849. The van der Waals surface area contributed by atoms with Gasteiger partial charge in [0.1, 0.15) is 0 Å². The van der Waals surface area contributed by atoms with Crippen molar-refractivity contribution in [3.63, 3.8) is 0 Å². The highest BCUT2D eigenvalue weighted by atomic mass is 15.0. The Hall–Kier alpha value is -0.0400. The van der Waals surface area contributed by atoms with Crippen molar-refractivity contribution < 1.29 is 0 Å². The first-order chi connectivity index (χ1) is 6.86. The zero-order chi connectivity index (χ0) is 10.2. The fourth-order valence-electron chi connectivity index (χ4n) is 2.45. The van der Waals surface area contributed by atoms with Gasteiger partial charge in [-0.1, -0.05) is 46.0 Å². The zero-order valence-corrected chi connectivity index (χ0v) is 10.0. The maximum atomic E-state index is 3.78. The molecule has 1 rings (SSSR count). The van der Waals surface area contributed by atoms with Crippen LogP contribution in [-0.2, 0) is 0 Å². The minimum Gasteiger partial charge on any atom is -0.311 e. The lowest BCUT2D eigenvalue weighted by atomic mass is 10.1. The van der Waals surface area contributed by atoms with Crippen molar-refractivity contribution in [2.24, 2.45) is 0 Å². The van der Waals surface area contributed by atoms with Crippen LogP contribution in [0.1, 0.15) is 71.6 Å². The smallest absolute Gasteiger partial charge is 0.00702 e. The van der Waals surface area contributed by atoms with Gasteiger partial charge in [0, 0.05) is 12.1 Å². The Balaban J connectivity index is 2.02. The van der Waals surface area contributed by atoms with Gasteiger partial charge in [0.05, 0.1) is 0 Å². The molecule has 0 unspecified atom stereocenters. The van der Waals surface area contributed by atoms with Crippen LogP contribution in [0.25, 0.3) is 0 Å². The van der Waals surface area contributed by atoms with E-state index in [1.165, 1.54) is 57.8 Å². The third-order valence-electron chi connectivity index (χ3n) is 3.40. The van der Waals surface area contributed by atoms with Crippen molar-refractivity contribution in [1.82, 2.24) is 5.32 Å². The van der Waals surface area contributed by atoms with Crippen LogP contribution in [0.15, 0.2) is 0 Å².